The van der Waals surface area contributed by atoms with Crippen LogP contribution >= 0.6 is 0 Å². The topological polar surface area (TPSA) is 66.8 Å². The van der Waals surface area contributed by atoms with Crippen molar-refractivity contribution in [1.29, 1.82) is 0 Å². The smallest absolute Gasteiger partial charge is 0.313 e. The number of aromatic hydroxyl groups is 1. The minimum atomic E-state index is -1.08. The highest BCUT2D eigenvalue weighted by Gasteiger charge is 2.46. The van der Waals surface area contributed by atoms with E-state index in [0.717, 1.165) is 18.4 Å². The number of ether oxygens (including phenoxy) is 1. The van der Waals surface area contributed by atoms with Crippen LogP contribution in [-0.4, -0.2) is 21.8 Å². The molecule has 0 radical (unpaired) electrons. The van der Waals surface area contributed by atoms with Crippen LogP contribution < -0.4 is 4.74 Å². The van der Waals surface area contributed by atoms with E-state index < -0.39 is 11.4 Å². The molecule has 1 aromatic rings. The molecule has 1 aliphatic carbocycles. The lowest BCUT2D eigenvalue weighted by Crippen LogP contribution is -2.45. The predicted molar refractivity (Wildman–Crippen MR) is 92.7 cm³/mol. The van der Waals surface area contributed by atoms with Crippen molar-refractivity contribution in [2.24, 2.45) is 5.92 Å². The zero-order valence-electron chi connectivity index (χ0n) is 15.0. The number of fused-ring (bicyclic) bond motifs is 3. The summed E-state index contributed by atoms with van der Waals surface area (Å²) in [5.74, 6) is 0.359. The fourth-order valence-electron chi connectivity index (χ4n) is 4.05. The van der Waals surface area contributed by atoms with Crippen molar-refractivity contribution in [2.75, 3.05) is 0 Å². The number of carbonyl (C=O) groups is 1. The summed E-state index contributed by atoms with van der Waals surface area (Å²) in [4.78, 5) is 11.6. The second-order valence-electron chi connectivity index (χ2n) is 8.25. The minimum absolute atomic E-state index is 0.150. The molecule has 2 N–H and O–H groups in total. The standard InChI is InChI=1S/C20H26O4/c1-11-6-7-14-13(8-11)17-15(21)9-12(19(2,3)18(22)23)10-16(17)24-20(14,4)5/h6,9-10,13-14,21H,7-8H2,1-5H3,(H,22,23)/t13-,14?/m1/s1. The zero-order valence-corrected chi connectivity index (χ0v) is 15.0. The number of aliphatic carboxylic acids is 1. The molecule has 0 amide bonds. The third kappa shape index (κ3) is 2.48. The fraction of sp³-hybridized carbons (Fsp3) is 0.550. The van der Waals surface area contributed by atoms with Gasteiger partial charge in [-0.25, -0.2) is 0 Å². The van der Waals surface area contributed by atoms with Gasteiger partial charge >= 0.3 is 5.97 Å². The number of phenols is 1. The summed E-state index contributed by atoms with van der Waals surface area (Å²) in [6, 6.07) is 3.40. The molecule has 1 aromatic carbocycles. The quantitative estimate of drug-likeness (QED) is 0.790. The Hall–Kier alpha value is -1.97. The fourth-order valence-corrected chi connectivity index (χ4v) is 4.05. The summed E-state index contributed by atoms with van der Waals surface area (Å²) in [5.41, 5.74) is 1.28. The van der Waals surface area contributed by atoms with Crippen LogP contribution in [0.2, 0.25) is 0 Å². The first kappa shape index (κ1) is 16.9. The van der Waals surface area contributed by atoms with E-state index in [2.05, 4.69) is 26.8 Å². The van der Waals surface area contributed by atoms with Gasteiger partial charge in [-0.3, -0.25) is 4.79 Å². The van der Waals surface area contributed by atoms with E-state index in [9.17, 15) is 15.0 Å². The molecular weight excluding hydrogens is 304 g/mol. The first-order valence-electron chi connectivity index (χ1n) is 8.49. The highest BCUT2D eigenvalue weighted by atomic mass is 16.5. The molecule has 4 nitrogen and oxygen atoms in total. The van der Waals surface area contributed by atoms with Gasteiger partial charge in [-0.05, 0) is 65.2 Å². The van der Waals surface area contributed by atoms with E-state index in [4.69, 9.17) is 4.74 Å². The monoisotopic (exact) mass is 330 g/mol. The molecule has 1 heterocycles. The Kier molecular flexibility index (Phi) is 3.70. The van der Waals surface area contributed by atoms with Crippen LogP contribution in [0.5, 0.6) is 11.5 Å². The van der Waals surface area contributed by atoms with Gasteiger partial charge in [0.05, 0.1) is 5.41 Å². The minimum Gasteiger partial charge on any atom is -0.508 e. The largest absolute Gasteiger partial charge is 0.508 e. The first-order valence-corrected chi connectivity index (χ1v) is 8.49. The Labute approximate surface area is 143 Å². The number of benzene rings is 1. The average molecular weight is 330 g/mol. The number of phenolic OH excluding ortho intramolecular Hbond substituents is 1. The lowest BCUT2D eigenvalue weighted by molar-refractivity contribution is -0.142. The van der Waals surface area contributed by atoms with Crippen LogP contribution in [0.3, 0.4) is 0 Å². The molecule has 0 bridgehead atoms. The second-order valence-corrected chi connectivity index (χ2v) is 8.25. The lowest BCUT2D eigenvalue weighted by atomic mass is 9.67. The maximum Gasteiger partial charge on any atom is 0.313 e. The van der Waals surface area contributed by atoms with Crippen molar-refractivity contribution in [3.63, 3.8) is 0 Å². The third-order valence-corrected chi connectivity index (χ3v) is 5.76. The number of carboxylic acids is 1. The van der Waals surface area contributed by atoms with Gasteiger partial charge in [0.25, 0.3) is 0 Å². The maximum atomic E-state index is 11.6. The van der Waals surface area contributed by atoms with Gasteiger partial charge < -0.3 is 14.9 Å². The Morgan fingerprint density at radius 1 is 1.33 bits per heavy atom. The molecule has 4 heteroatoms. The Bertz CT molecular complexity index is 727. The van der Waals surface area contributed by atoms with Crippen molar-refractivity contribution < 1.29 is 19.7 Å². The summed E-state index contributed by atoms with van der Waals surface area (Å²) in [6.07, 6.45) is 4.10. The summed E-state index contributed by atoms with van der Waals surface area (Å²) in [5, 5.41) is 20.2. The molecule has 1 unspecified atom stereocenters. The highest BCUT2D eigenvalue weighted by molar-refractivity contribution is 5.81. The van der Waals surface area contributed by atoms with Crippen LogP contribution in [-0.2, 0) is 10.2 Å². The number of carboxylic acid groups (broad SMARTS) is 1. The van der Waals surface area contributed by atoms with Crippen molar-refractivity contribution >= 4 is 5.97 Å². The van der Waals surface area contributed by atoms with Gasteiger partial charge in [0.15, 0.2) is 0 Å². The number of allylic oxidation sites excluding steroid dienone is 2. The highest BCUT2D eigenvalue weighted by Crippen LogP contribution is 2.54. The number of hydrogen-bond acceptors (Lipinski definition) is 3. The third-order valence-electron chi connectivity index (χ3n) is 5.76. The maximum absolute atomic E-state index is 11.6. The van der Waals surface area contributed by atoms with E-state index >= 15 is 0 Å². The van der Waals surface area contributed by atoms with Gasteiger partial charge in [-0.1, -0.05) is 11.6 Å². The van der Waals surface area contributed by atoms with E-state index in [-0.39, 0.29) is 17.3 Å². The molecule has 3 rings (SSSR count). The van der Waals surface area contributed by atoms with Gasteiger partial charge in [0.2, 0.25) is 0 Å². The Morgan fingerprint density at radius 3 is 2.62 bits per heavy atom. The van der Waals surface area contributed by atoms with Crippen LogP contribution in [0.25, 0.3) is 0 Å². The number of rotatable bonds is 2. The first-order chi connectivity index (χ1) is 11.0. The average Bonchev–Trinajstić information content (AvgIpc) is 2.45. The van der Waals surface area contributed by atoms with Crippen molar-refractivity contribution in [2.45, 2.75) is 64.4 Å². The zero-order chi connectivity index (χ0) is 17.9. The molecule has 1 aliphatic heterocycles. The van der Waals surface area contributed by atoms with Crippen molar-refractivity contribution in [3.05, 3.63) is 34.9 Å². The summed E-state index contributed by atoms with van der Waals surface area (Å²) in [7, 11) is 0. The predicted octanol–water partition coefficient (Wildman–Crippen LogP) is 4.37. The summed E-state index contributed by atoms with van der Waals surface area (Å²) < 4.78 is 6.24. The van der Waals surface area contributed by atoms with Gasteiger partial charge in [0, 0.05) is 17.4 Å². The molecule has 24 heavy (non-hydrogen) atoms. The summed E-state index contributed by atoms with van der Waals surface area (Å²) in [6.45, 7) is 9.56. The molecule has 130 valence electrons. The molecule has 0 spiro atoms. The van der Waals surface area contributed by atoms with Crippen LogP contribution in [0, 0.1) is 5.92 Å². The van der Waals surface area contributed by atoms with Gasteiger partial charge in [0.1, 0.15) is 17.1 Å². The second kappa shape index (κ2) is 5.27. The van der Waals surface area contributed by atoms with Gasteiger partial charge in [-0.2, -0.15) is 0 Å². The van der Waals surface area contributed by atoms with Gasteiger partial charge in [-0.15, -0.1) is 0 Å². The molecule has 2 aliphatic rings. The normalized spacial score (nSPS) is 25.1. The Balaban J connectivity index is 2.16. The van der Waals surface area contributed by atoms with Crippen LogP contribution in [0.15, 0.2) is 23.8 Å². The van der Waals surface area contributed by atoms with E-state index in [1.165, 1.54) is 5.57 Å². The summed E-state index contributed by atoms with van der Waals surface area (Å²) >= 11 is 0. The Morgan fingerprint density at radius 2 is 2.00 bits per heavy atom. The molecule has 0 saturated carbocycles. The molecule has 0 saturated heterocycles. The van der Waals surface area contributed by atoms with Crippen LogP contribution in [0.1, 0.15) is 64.5 Å². The van der Waals surface area contributed by atoms with E-state index in [0.29, 0.717) is 17.2 Å². The molecule has 2 atom stereocenters. The molecule has 0 aromatic heterocycles. The van der Waals surface area contributed by atoms with E-state index in [1.807, 2.05) is 0 Å². The van der Waals surface area contributed by atoms with Crippen LogP contribution in [0.4, 0.5) is 0 Å². The molecular formula is C20H26O4. The van der Waals surface area contributed by atoms with Crippen molar-refractivity contribution in [1.82, 2.24) is 0 Å². The van der Waals surface area contributed by atoms with Crippen molar-refractivity contribution in [3.8, 4) is 11.5 Å². The van der Waals surface area contributed by atoms with E-state index in [1.54, 1.807) is 26.0 Å². The lowest BCUT2D eigenvalue weighted by Gasteiger charge is -2.47. The number of hydrogen-bond donors (Lipinski definition) is 2. The SMILES string of the molecule is CC1=CCC2[C@@H](C1)c1c(O)cc(C(C)(C)C(=O)O)cc1OC2(C)C. The molecule has 0 fully saturated rings.